The molecule has 1 aromatic rings. The Kier molecular flexibility index (Phi) is 4.27. The minimum atomic E-state index is -0.382. The van der Waals surface area contributed by atoms with Crippen LogP contribution in [0.1, 0.15) is 31.7 Å². The zero-order chi connectivity index (χ0) is 14.8. The maximum absolute atomic E-state index is 12.0. The van der Waals surface area contributed by atoms with E-state index in [1.807, 2.05) is 4.90 Å². The number of hydrogen-bond acceptors (Lipinski definition) is 3. The van der Waals surface area contributed by atoms with Crippen LogP contribution in [-0.4, -0.2) is 46.9 Å². The van der Waals surface area contributed by atoms with Crippen molar-refractivity contribution in [1.82, 2.24) is 9.80 Å². The fourth-order valence-corrected chi connectivity index (χ4v) is 3.26. The van der Waals surface area contributed by atoms with Crippen LogP contribution in [0.3, 0.4) is 0 Å². The summed E-state index contributed by atoms with van der Waals surface area (Å²) in [4.78, 5) is 16.6. The second-order valence-corrected chi connectivity index (χ2v) is 6.40. The number of nitrogens with two attached hydrogens (primary N) is 1. The Morgan fingerprint density at radius 3 is 2.62 bits per heavy atom. The third-order valence-electron chi connectivity index (χ3n) is 4.56. The van der Waals surface area contributed by atoms with Crippen molar-refractivity contribution >= 4 is 5.91 Å². The van der Waals surface area contributed by atoms with Crippen LogP contribution in [0.2, 0.25) is 0 Å². The third kappa shape index (κ3) is 3.44. The highest BCUT2D eigenvalue weighted by atomic mass is 16.2. The summed E-state index contributed by atoms with van der Waals surface area (Å²) in [6.45, 7) is 4.46. The van der Waals surface area contributed by atoms with Crippen molar-refractivity contribution in [3.05, 3.63) is 35.9 Å². The highest BCUT2D eigenvalue weighted by Gasteiger charge is 2.38. The van der Waals surface area contributed by atoms with Crippen molar-refractivity contribution in [2.24, 2.45) is 5.73 Å². The Labute approximate surface area is 126 Å². The lowest BCUT2D eigenvalue weighted by Gasteiger charge is -2.29. The number of carbonyl (C=O) groups excluding carboxylic acids is 1. The number of benzene rings is 1. The summed E-state index contributed by atoms with van der Waals surface area (Å²) in [5, 5.41) is 0. The van der Waals surface area contributed by atoms with Gasteiger partial charge < -0.3 is 10.6 Å². The molecule has 1 amide bonds. The van der Waals surface area contributed by atoms with E-state index in [9.17, 15) is 4.79 Å². The van der Waals surface area contributed by atoms with Crippen LogP contribution in [0.4, 0.5) is 0 Å². The topological polar surface area (TPSA) is 49.6 Å². The molecule has 2 atom stereocenters. The molecule has 0 radical (unpaired) electrons. The smallest absolute Gasteiger partial charge is 0.239 e. The van der Waals surface area contributed by atoms with Gasteiger partial charge in [0.05, 0.1) is 6.04 Å². The average molecular weight is 287 g/mol. The molecule has 1 saturated heterocycles. The Morgan fingerprint density at radius 2 is 2.00 bits per heavy atom. The Balaban J connectivity index is 1.64. The monoisotopic (exact) mass is 287 g/mol. The fourth-order valence-electron chi connectivity index (χ4n) is 3.26. The van der Waals surface area contributed by atoms with Gasteiger partial charge in [0.25, 0.3) is 0 Å². The van der Waals surface area contributed by atoms with Crippen LogP contribution < -0.4 is 5.73 Å². The molecule has 21 heavy (non-hydrogen) atoms. The van der Waals surface area contributed by atoms with E-state index in [-0.39, 0.29) is 11.9 Å². The van der Waals surface area contributed by atoms with Gasteiger partial charge in [-0.3, -0.25) is 9.69 Å². The molecule has 1 saturated carbocycles. The van der Waals surface area contributed by atoms with Crippen molar-refractivity contribution in [3.63, 3.8) is 0 Å². The molecule has 0 aromatic heterocycles. The van der Waals surface area contributed by atoms with E-state index in [1.54, 1.807) is 6.92 Å². The standard InChI is InChI=1S/C17H25N3O/c1-13(18)17(21)19-10-9-16(12-19)20(15-7-8-15)11-14-5-3-2-4-6-14/h2-6,13,15-16H,7-12,18H2,1H3. The summed E-state index contributed by atoms with van der Waals surface area (Å²) in [5.41, 5.74) is 7.09. The highest BCUT2D eigenvalue weighted by molar-refractivity contribution is 5.81. The molecule has 114 valence electrons. The number of hydrogen-bond donors (Lipinski definition) is 1. The Bertz CT molecular complexity index is 484. The molecule has 1 aliphatic carbocycles. The first kappa shape index (κ1) is 14.5. The van der Waals surface area contributed by atoms with E-state index in [0.29, 0.717) is 12.1 Å². The maximum atomic E-state index is 12.0. The summed E-state index contributed by atoms with van der Waals surface area (Å²) in [6, 6.07) is 11.4. The lowest BCUT2D eigenvalue weighted by atomic mass is 10.1. The van der Waals surface area contributed by atoms with Gasteiger partial charge in [0.1, 0.15) is 0 Å². The zero-order valence-corrected chi connectivity index (χ0v) is 12.7. The van der Waals surface area contributed by atoms with Crippen LogP contribution >= 0.6 is 0 Å². The number of likely N-dealkylation sites (tertiary alicyclic amines) is 1. The summed E-state index contributed by atoms with van der Waals surface area (Å²) >= 11 is 0. The van der Waals surface area contributed by atoms with Crippen LogP contribution in [0.15, 0.2) is 30.3 Å². The highest BCUT2D eigenvalue weighted by Crippen LogP contribution is 2.33. The first-order valence-electron chi connectivity index (χ1n) is 7.99. The van der Waals surface area contributed by atoms with Gasteiger partial charge in [0, 0.05) is 31.7 Å². The van der Waals surface area contributed by atoms with Gasteiger partial charge in [-0.2, -0.15) is 0 Å². The SMILES string of the molecule is CC(N)C(=O)N1CCC(N(Cc2ccccc2)C2CC2)C1. The van der Waals surface area contributed by atoms with Gasteiger partial charge in [-0.05, 0) is 31.7 Å². The molecule has 0 bridgehead atoms. The van der Waals surface area contributed by atoms with Crippen LogP contribution in [-0.2, 0) is 11.3 Å². The molecule has 1 heterocycles. The molecular formula is C17H25N3O. The number of nitrogens with zero attached hydrogens (tertiary/aromatic N) is 2. The lowest BCUT2D eigenvalue weighted by molar-refractivity contribution is -0.131. The van der Waals surface area contributed by atoms with Gasteiger partial charge in [-0.25, -0.2) is 0 Å². The van der Waals surface area contributed by atoms with E-state index in [1.165, 1.54) is 18.4 Å². The number of carbonyl (C=O) groups is 1. The maximum Gasteiger partial charge on any atom is 0.239 e. The van der Waals surface area contributed by atoms with Crippen molar-refractivity contribution in [1.29, 1.82) is 0 Å². The quantitative estimate of drug-likeness (QED) is 0.895. The summed E-state index contributed by atoms with van der Waals surface area (Å²) in [5.74, 6) is 0.0907. The minimum Gasteiger partial charge on any atom is -0.340 e. The van der Waals surface area contributed by atoms with Gasteiger partial charge >= 0.3 is 0 Å². The van der Waals surface area contributed by atoms with Crippen LogP contribution in [0.5, 0.6) is 0 Å². The van der Waals surface area contributed by atoms with E-state index in [0.717, 1.165) is 26.1 Å². The molecule has 2 fully saturated rings. The normalized spacial score (nSPS) is 23.6. The van der Waals surface area contributed by atoms with Gasteiger partial charge in [-0.15, -0.1) is 0 Å². The average Bonchev–Trinajstić information content (AvgIpc) is 3.22. The van der Waals surface area contributed by atoms with E-state index < -0.39 is 0 Å². The zero-order valence-electron chi connectivity index (χ0n) is 12.7. The minimum absolute atomic E-state index is 0.0907. The first-order valence-corrected chi connectivity index (χ1v) is 7.99. The number of amides is 1. The molecule has 2 N–H and O–H groups in total. The lowest BCUT2D eigenvalue weighted by Crippen LogP contribution is -2.44. The van der Waals surface area contributed by atoms with Crippen molar-refractivity contribution in [2.75, 3.05) is 13.1 Å². The van der Waals surface area contributed by atoms with Crippen LogP contribution in [0, 0.1) is 0 Å². The Hall–Kier alpha value is -1.39. The molecule has 1 aliphatic heterocycles. The number of rotatable bonds is 5. The summed E-state index contributed by atoms with van der Waals surface area (Å²) in [7, 11) is 0. The summed E-state index contributed by atoms with van der Waals surface area (Å²) < 4.78 is 0. The molecule has 0 spiro atoms. The van der Waals surface area contributed by atoms with E-state index in [2.05, 4.69) is 35.2 Å². The van der Waals surface area contributed by atoms with E-state index in [4.69, 9.17) is 5.73 Å². The molecular weight excluding hydrogens is 262 g/mol. The predicted octanol–water partition coefficient (Wildman–Crippen LogP) is 1.60. The van der Waals surface area contributed by atoms with Crippen molar-refractivity contribution in [3.8, 4) is 0 Å². The second-order valence-electron chi connectivity index (χ2n) is 6.40. The molecule has 3 rings (SSSR count). The largest absolute Gasteiger partial charge is 0.340 e. The van der Waals surface area contributed by atoms with E-state index >= 15 is 0 Å². The summed E-state index contributed by atoms with van der Waals surface area (Å²) in [6.07, 6.45) is 3.66. The van der Waals surface area contributed by atoms with Crippen LogP contribution in [0.25, 0.3) is 0 Å². The van der Waals surface area contributed by atoms with Crippen molar-refractivity contribution in [2.45, 2.75) is 50.9 Å². The predicted molar refractivity (Wildman–Crippen MR) is 83.6 cm³/mol. The molecule has 2 aliphatic rings. The molecule has 1 aromatic carbocycles. The van der Waals surface area contributed by atoms with Crippen molar-refractivity contribution < 1.29 is 4.79 Å². The Morgan fingerprint density at radius 1 is 1.29 bits per heavy atom. The molecule has 4 nitrogen and oxygen atoms in total. The van der Waals surface area contributed by atoms with Gasteiger partial charge in [-0.1, -0.05) is 30.3 Å². The fraction of sp³-hybridized carbons (Fsp3) is 0.588. The van der Waals surface area contributed by atoms with Gasteiger partial charge in [0.15, 0.2) is 0 Å². The molecule has 2 unspecified atom stereocenters. The molecule has 4 heteroatoms. The van der Waals surface area contributed by atoms with Gasteiger partial charge in [0.2, 0.25) is 5.91 Å². The first-order chi connectivity index (χ1) is 10.1. The second kappa shape index (κ2) is 6.16. The third-order valence-corrected chi connectivity index (χ3v) is 4.56.